The third kappa shape index (κ3) is 8.83. The molecule has 0 spiro atoms. The molecule has 3 fully saturated rings. The van der Waals surface area contributed by atoms with Gasteiger partial charge in [-0.2, -0.15) is 0 Å². The van der Waals surface area contributed by atoms with Crippen LogP contribution >= 0.6 is 0 Å². The molecule has 18 heteroatoms. The highest BCUT2D eigenvalue weighted by Gasteiger charge is 2.63. The first-order chi connectivity index (χ1) is 27.6. The fraction of sp³-hybridized carbons (Fsp3) is 0.634. The van der Waals surface area contributed by atoms with Crippen LogP contribution < -0.4 is 19.5 Å². The monoisotopic (exact) mass is 849 g/mol. The van der Waals surface area contributed by atoms with Gasteiger partial charge in [-0.1, -0.05) is 32.4 Å². The van der Waals surface area contributed by atoms with Gasteiger partial charge in [-0.05, 0) is 94.7 Å². The van der Waals surface area contributed by atoms with E-state index in [4.69, 9.17) is 9.47 Å². The van der Waals surface area contributed by atoms with Gasteiger partial charge in [0, 0.05) is 30.8 Å². The van der Waals surface area contributed by atoms with Gasteiger partial charge in [-0.3, -0.25) is 24.0 Å². The molecular weight excluding hydrogens is 796 g/mol. The number of halogens is 3. The lowest BCUT2D eigenvalue weighted by Crippen LogP contribution is -2.67. The first-order valence-electron chi connectivity index (χ1n) is 20.3. The molecule has 0 bridgehead atoms. The number of benzene rings is 1. The highest BCUT2D eigenvalue weighted by molar-refractivity contribution is 7.91. The molecule has 6 rings (SSSR count). The molecule has 1 saturated heterocycles. The number of hydrogen-bond acceptors (Lipinski definition) is 9. The van der Waals surface area contributed by atoms with Crippen molar-refractivity contribution in [3.8, 4) is 11.6 Å². The van der Waals surface area contributed by atoms with Crippen LogP contribution in [0.25, 0.3) is 10.8 Å². The summed E-state index contributed by atoms with van der Waals surface area (Å²) in [5.74, 6) is -8.48. The van der Waals surface area contributed by atoms with Crippen LogP contribution in [0.15, 0.2) is 36.5 Å². The molecule has 324 valence electrons. The van der Waals surface area contributed by atoms with Crippen molar-refractivity contribution in [2.75, 3.05) is 13.2 Å². The Morgan fingerprint density at radius 3 is 2.47 bits per heavy atom. The van der Waals surface area contributed by atoms with E-state index in [1.807, 2.05) is 13.0 Å². The maximum atomic E-state index is 15.4. The van der Waals surface area contributed by atoms with Crippen LogP contribution in [0.4, 0.5) is 18.0 Å². The maximum Gasteiger partial charge on any atom is 0.408 e. The maximum absolute atomic E-state index is 15.4. The SMILES string of the molecule is CCOc1cc2ccnc(O[C@@H]3C[C@H]4C(=O)N[C@]5(C(=O)NS(=O)(=O)C6CC6)C[C@H]5C=CCC[C@H](C)C[C@@H](CC)[C@H](N(C(=O)O)C(C)(C)C(C)(F)F)C(=O)N4C3)c2cc1F. The number of carbonyl (C=O) groups is 4. The smallest absolute Gasteiger partial charge is 0.408 e. The molecule has 4 amide bonds. The summed E-state index contributed by atoms with van der Waals surface area (Å²) in [5, 5.41) is 13.5. The molecule has 2 aliphatic heterocycles. The standard InChI is InChI=1S/C41H54F3N5O9S/c1-7-24-17-23(3)11-9-10-12-26-21-41(26,37(52)47-59(55,56)28-13-14-28)46-34(50)31-19-27(58-35-29-20-30(42)32(57-8-2)18-25(29)15-16-45-35)22-48(31)36(51)33(24)49(38(53)54)39(4,5)40(6,43)44/h10,12,15-16,18,20,23-24,26-28,31,33H,7-9,11,13-14,17,19,21-22H2,1-6H3,(H,46,50)(H,47,52)(H,53,54)/t23-,24+,26+,27+,31-,33-,41+/m0/s1. The van der Waals surface area contributed by atoms with E-state index in [2.05, 4.69) is 15.0 Å². The summed E-state index contributed by atoms with van der Waals surface area (Å²) in [6, 6.07) is 1.16. The Morgan fingerprint density at radius 1 is 1.14 bits per heavy atom. The van der Waals surface area contributed by atoms with E-state index >= 15 is 18.0 Å². The minimum absolute atomic E-state index is 0.0108. The normalized spacial score (nSPS) is 28.1. The van der Waals surface area contributed by atoms with E-state index < -0.39 is 91.9 Å². The molecular formula is C41H54F3N5O9S. The molecule has 1 aromatic heterocycles. The number of fused-ring (bicyclic) bond motifs is 3. The zero-order valence-electron chi connectivity index (χ0n) is 34.2. The first-order valence-corrected chi connectivity index (χ1v) is 21.8. The van der Waals surface area contributed by atoms with Crippen molar-refractivity contribution in [2.24, 2.45) is 17.8 Å². The Balaban J connectivity index is 1.44. The lowest BCUT2D eigenvalue weighted by atomic mass is 9.81. The van der Waals surface area contributed by atoms with Crippen LogP contribution in [0.5, 0.6) is 11.6 Å². The topological polar surface area (TPSA) is 185 Å². The van der Waals surface area contributed by atoms with Gasteiger partial charge in [0.1, 0.15) is 29.3 Å². The van der Waals surface area contributed by atoms with E-state index in [0.717, 1.165) is 18.7 Å². The van der Waals surface area contributed by atoms with E-state index in [-0.39, 0.29) is 61.8 Å². The molecule has 4 aliphatic rings. The van der Waals surface area contributed by atoms with Crippen LogP contribution in [0.3, 0.4) is 0 Å². The van der Waals surface area contributed by atoms with Gasteiger partial charge in [-0.15, -0.1) is 0 Å². The number of allylic oxidation sites excluding steroid dienone is 1. The summed E-state index contributed by atoms with van der Waals surface area (Å²) in [7, 11) is -4.02. The number of nitrogens with one attached hydrogen (secondary N) is 2. The van der Waals surface area contributed by atoms with Crippen molar-refractivity contribution in [3.63, 3.8) is 0 Å². The summed E-state index contributed by atoms with van der Waals surface area (Å²) < 4.78 is 85.7. The number of carboxylic acid groups (broad SMARTS) is 1. The number of pyridine rings is 1. The molecule has 3 heterocycles. The highest BCUT2D eigenvalue weighted by Crippen LogP contribution is 2.47. The summed E-state index contributed by atoms with van der Waals surface area (Å²) in [4.78, 5) is 62.8. The molecule has 1 aromatic carbocycles. The van der Waals surface area contributed by atoms with E-state index in [1.54, 1.807) is 26.0 Å². The van der Waals surface area contributed by atoms with Crippen molar-refractivity contribution in [3.05, 3.63) is 42.4 Å². The molecule has 2 aliphatic carbocycles. The molecule has 0 radical (unpaired) electrons. The molecule has 0 unspecified atom stereocenters. The largest absolute Gasteiger partial charge is 0.491 e. The third-order valence-electron chi connectivity index (χ3n) is 12.5. The second-order valence-corrected chi connectivity index (χ2v) is 19.0. The van der Waals surface area contributed by atoms with Crippen LogP contribution in [0.2, 0.25) is 0 Å². The number of sulfonamides is 1. The Hall–Kier alpha value is -4.61. The number of aromatic nitrogens is 1. The average molecular weight is 850 g/mol. The summed E-state index contributed by atoms with van der Waals surface area (Å²) >= 11 is 0. The summed E-state index contributed by atoms with van der Waals surface area (Å²) in [5.41, 5.74) is -4.09. The van der Waals surface area contributed by atoms with Crippen LogP contribution in [0.1, 0.15) is 92.9 Å². The third-order valence-corrected chi connectivity index (χ3v) is 14.3. The number of ether oxygens (including phenoxy) is 2. The highest BCUT2D eigenvalue weighted by atomic mass is 32.2. The number of alkyl halides is 2. The van der Waals surface area contributed by atoms with E-state index in [0.29, 0.717) is 42.9 Å². The van der Waals surface area contributed by atoms with Crippen molar-refractivity contribution in [1.82, 2.24) is 24.8 Å². The van der Waals surface area contributed by atoms with Gasteiger partial charge < -0.3 is 24.8 Å². The number of rotatable bonds is 11. The number of hydrogen-bond donors (Lipinski definition) is 3. The average Bonchev–Trinajstić information content (AvgIpc) is 4.08. The van der Waals surface area contributed by atoms with Crippen molar-refractivity contribution >= 4 is 44.6 Å². The van der Waals surface area contributed by atoms with Crippen molar-refractivity contribution in [1.29, 1.82) is 0 Å². The minimum atomic E-state index is -4.02. The van der Waals surface area contributed by atoms with Gasteiger partial charge in [0.15, 0.2) is 11.6 Å². The number of carbonyl (C=O) groups excluding carboxylic acids is 3. The van der Waals surface area contributed by atoms with Gasteiger partial charge in [0.2, 0.25) is 27.7 Å². The van der Waals surface area contributed by atoms with E-state index in [9.17, 15) is 27.9 Å². The molecule has 7 atom stereocenters. The predicted molar refractivity (Wildman–Crippen MR) is 211 cm³/mol. The predicted octanol–water partition coefficient (Wildman–Crippen LogP) is 5.79. The lowest BCUT2D eigenvalue weighted by Gasteiger charge is -2.47. The van der Waals surface area contributed by atoms with Gasteiger partial charge in [0.05, 0.1) is 18.4 Å². The summed E-state index contributed by atoms with van der Waals surface area (Å²) in [6.45, 7) is 7.95. The molecule has 2 saturated carbocycles. The first kappa shape index (κ1) is 44.0. The second-order valence-electron chi connectivity index (χ2n) is 17.0. The zero-order chi connectivity index (χ0) is 43.2. The number of nitrogens with zero attached hydrogens (tertiary/aromatic N) is 3. The lowest BCUT2D eigenvalue weighted by molar-refractivity contribution is -0.157. The Kier molecular flexibility index (Phi) is 12.3. The Morgan fingerprint density at radius 2 is 1.85 bits per heavy atom. The molecule has 14 nitrogen and oxygen atoms in total. The van der Waals surface area contributed by atoms with Crippen LogP contribution in [-0.2, 0) is 24.4 Å². The fourth-order valence-electron chi connectivity index (χ4n) is 8.41. The van der Waals surface area contributed by atoms with E-state index in [1.165, 1.54) is 18.3 Å². The Labute approximate surface area is 342 Å². The Bertz CT molecular complexity index is 2110. The summed E-state index contributed by atoms with van der Waals surface area (Å²) in [6.07, 6.45) is 4.47. The van der Waals surface area contributed by atoms with Crippen molar-refractivity contribution < 1.29 is 55.3 Å². The van der Waals surface area contributed by atoms with Gasteiger partial charge in [-0.25, -0.2) is 31.4 Å². The second kappa shape index (κ2) is 16.4. The minimum Gasteiger partial charge on any atom is -0.491 e. The molecule has 59 heavy (non-hydrogen) atoms. The number of amides is 4. The van der Waals surface area contributed by atoms with Gasteiger partial charge in [0.25, 0.3) is 11.8 Å². The van der Waals surface area contributed by atoms with Gasteiger partial charge >= 0.3 is 6.09 Å². The van der Waals surface area contributed by atoms with Crippen LogP contribution in [0, 0.1) is 23.6 Å². The quantitative estimate of drug-likeness (QED) is 0.234. The van der Waals surface area contributed by atoms with Crippen molar-refractivity contribution in [2.45, 2.75) is 133 Å². The molecule has 2 aromatic rings. The molecule has 3 N–H and O–H groups in total. The zero-order valence-corrected chi connectivity index (χ0v) is 35.0. The fourth-order valence-corrected chi connectivity index (χ4v) is 9.78. The van der Waals surface area contributed by atoms with Crippen LogP contribution in [-0.4, -0.2) is 106 Å².